The van der Waals surface area contributed by atoms with Crippen LogP contribution in [0, 0.1) is 0 Å². The number of benzene rings is 1. The summed E-state index contributed by atoms with van der Waals surface area (Å²) in [6, 6.07) is 8.48. The lowest BCUT2D eigenvalue weighted by molar-refractivity contribution is 0.644. The largest absolute Gasteiger partial charge is 0.313 e. The zero-order valence-corrected chi connectivity index (χ0v) is 11.5. The van der Waals surface area contributed by atoms with Crippen molar-refractivity contribution in [1.82, 2.24) is 5.32 Å². The molecule has 1 nitrogen and oxygen atoms in total. The van der Waals surface area contributed by atoms with Gasteiger partial charge in [-0.25, -0.2) is 0 Å². The molecule has 84 valence electrons. The van der Waals surface area contributed by atoms with Gasteiger partial charge in [0.1, 0.15) is 0 Å². The van der Waals surface area contributed by atoms with Crippen molar-refractivity contribution >= 4 is 27.7 Å². The van der Waals surface area contributed by atoms with Gasteiger partial charge in [0.15, 0.2) is 0 Å². The first-order chi connectivity index (χ1) is 7.33. The third-order valence-corrected chi connectivity index (χ3v) is 3.42. The Balaban J connectivity index is 2.07. The Hall–Kier alpha value is 0.01000. The lowest BCUT2D eigenvalue weighted by Crippen LogP contribution is -2.14. The van der Waals surface area contributed by atoms with E-state index in [9.17, 15) is 0 Å². The standard InChI is InChI=1S/C12H18BrNS/c1-15-9-3-2-8-14-10-11-4-6-12(13)7-5-11/h4-7,14H,2-3,8-10H2,1H3. The third-order valence-electron chi connectivity index (χ3n) is 2.19. The molecule has 0 amide bonds. The summed E-state index contributed by atoms with van der Waals surface area (Å²) in [6.45, 7) is 2.10. The molecule has 0 aliphatic heterocycles. The van der Waals surface area contributed by atoms with E-state index in [0.29, 0.717) is 0 Å². The van der Waals surface area contributed by atoms with E-state index in [1.165, 1.54) is 24.2 Å². The predicted molar refractivity (Wildman–Crippen MR) is 73.5 cm³/mol. The van der Waals surface area contributed by atoms with Crippen LogP contribution in [-0.2, 0) is 6.54 Å². The van der Waals surface area contributed by atoms with E-state index >= 15 is 0 Å². The van der Waals surface area contributed by atoms with Crippen LogP contribution >= 0.6 is 27.7 Å². The zero-order valence-electron chi connectivity index (χ0n) is 9.13. The highest BCUT2D eigenvalue weighted by Crippen LogP contribution is 2.10. The summed E-state index contributed by atoms with van der Waals surface area (Å²) in [5, 5.41) is 3.46. The molecule has 1 aromatic carbocycles. The summed E-state index contributed by atoms with van der Waals surface area (Å²) < 4.78 is 1.14. The monoisotopic (exact) mass is 287 g/mol. The number of halogens is 1. The van der Waals surface area contributed by atoms with E-state index < -0.39 is 0 Å². The fourth-order valence-electron chi connectivity index (χ4n) is 1.33. The van der Waals surface area contributed by atoms with E-state index in [0.717, 1.165) is 17.6 Å². The molecule has 0 aliphatic rings. The van der Waals surface area contributed by atoms with Crippen LogP contribution in [0.1, 0.15) is 18.4 Å². The molecule has 1 aromatic rings. The Bertz CT molecular complexity index is 261. The van der Waals surface area contributed by atoms with Gasteiger partial charge in [-0.15, -0.1) is 0 Å². The summed E-state index contributed by atoms with van der Waals surface area (Å²) in [6.07, 6.45) is 4.75. The molecule has 1 rings (SSSR count). The molecule has 15 heavy (non-hydrogen) atoms. The van der Waals surface area contributed by atoms with Crippen LogP contribution in [0.25, 0.3) is 0 Å². The Morgan fingerprint density at radius 1 is 1.20 bits per heavy atom. The summed E-state index contributed by atoms with van der Waals surface area (Å²) in [5.74, 6) is 1.28. The van der Waals surface area contributed by atoms with Gasteiger partial charge in [0.25, 0.3) is 0 Å². The van der Waals surface area contributed by atoms with Gasteiger partial charge < -0.3 is 5.32 Å². The third kappa shape index (κ3) is 6.23. The van der Waals surface area contributed by atoms with Crippen molar-refractivity contribution in [2.45, 2.75) is 19.4 Å². The Morgan fingerprint density at radius 3 is 2.60 bits per heavy atom. The van der Waals surface area contributed by atoms with Gasteiger partial charge in [-0.1, -0.05) is 28.1 Å². The van der Waals surface area contributed by atoms with Crippen molar-refractivity contribution in [2.24, 2.45) is 0 Å². The summed E-state index contributed by atoms with van der Waals surface area (Å²) in [5.41, 5.74) is 1.35. The molecule has 0 spiro atoms. The van der Waals surface area contributed by atoms with Crippen molar-refractivity contribution in [3.8, 4) is 0 Å². The molecule has 0 saturated heterocycles. The zero-order chi connectivity index (χ0) is 10.9. The SMILES string of the molecule is CSCCCCNCc1ccc(Br)cc1. The van der Waals surface area contributed by atoms with Crippen molar-refractivity contribution < 1.29 is 0 Å². The molecule has 0 radical (unpaired) electrons. The molecule has 0 aliphatic carbocycles. The van der Waals surface area contributed by atoms with Gasteiger partial charge in [-0.3, -0.25) is 0 Å². The summed E-state index contributed by atoms with van der Waals surface area (Å²) in [7, 11) is 0. The van der Waals surface area contributed by atoms with Gasteiger partial charge in [-0.2, -0.15) is 11.8 Å². The highest BCUT2D eigenvalue weighted by molar-refractivity contribution is 9.10. The van der Waals surface area contributed by atoms with Gasteiger partial charge in [-0.05, 0) is 49.1 Å². The van der Waals surface area contributed by atoms with E-state index in [4.69, 9.17) is 0 Å². The van der Waals surface area contributed by atoms with Gasteiger partial charge in [0, 0.05) is 11.0 Å². The minimum atomic E-state index is 0.979. The van der Waals surface area contributed by atoms with Crippen LogP contribution in [0.3, 0.4) is 0 Å². The Labute approximate surface area is 105 Å². The highest BCUT2D eigenvalue weighted by atomic mass is 79.9. The molecule has 0 saturated carbocycles. The quantitative estimate of drug-likeness (QED) is 0.768. The maximum atomic E-state index is 3.46. The number of thioether (sulfide) groups is 1. The first kappa shape index (κ1) is 13.1. The maximum Gasteiger partial charge on any atom is 0.0205 e. The summed E-state index contributed by atoms with van der Waals surface area (Å²) >= 11 is 5.36. The van der Waals surface area contributed by atoms with E-state index in [1.54, 1.807) is 0 Å². The number of hydrogen-bond acceptors (Lipinski definition) is 2. The smallest absolute Gasteiger partial charge is 0.0205 e. The lowest BCUT2D eigenvalue weighted by Gasteiger charge is -2.04. The van der Waals surface area contributed by atoms with E-state index in [1.807, 2.05) is 11.8 Å². The minimum Gasteiger partial charge on any atom is -0.313 e. The van der Waals surface area contributed by atoms with Crippen LogP contribution in [-0.4, -0.2) is 18.6 Å². The Morgan fingerprint density at radius 2 is 1.93 bits per heavy atom. The van der Waals surface area contributed by atoms with Crippen LogP contribution in [0.5, 0.6) is 0 Å². The van der Waals surface area contributed by atoms with Crippen LogP contribution in [0.4, 0.5) is 0 Å². The van der Waals surface area contributed by atoms with Crippen molar-refractivity contribution in [2.75, 3.05) is 18.6 Å². The molecule has 0 aromatic heterocycles. The first-order valence-electron chi connectivity index (χ1n) is 5.27. The van der Waals surface area contributed by atoms with Crippen LogP contribution < -0.4 is 5.32 Å². The molecule has 3 heteroatoms. The van der Waals surface area contributed by atoms with Crippen LogP contribution in [0.2, 0.25) is 0 Å². The van der Waals surface area contributed by atoms with Crippen molar-refractivity contribution in [1.29, 1.82) is 0 Å². The highest BCUT2D eigenvalue weighted by Gasteiger charge is 1.92. The lowest BCUT2D eigenvalue weighted by atomic mass is 10.2. The molecular weight excluding hydrogens is 270 g/mol. The molecule has 0 unspecified atom stereocenters. The molecular formula is C12H18BrNS. The molecule has 0 fully saturated rings. The van der Waals surface area contributed by atoms with Gasteiger partial charge in [0.2, 0.25) is 0 Å². The topological polar surface area (TPSA) is 12.0 Å². The predicted octanol–water partition coefficient (Wildman–Crippen LogP) is 3.68. The Kier molecular flexibility index (Phi) is 7.14. The molecule has 1 N–H and O–H groups in total. The van der Waals surface area contributed by atoms with Crippen molar-refractivity contribution in [3.63, 3.8) is 0 Å². The van der Waals surface area contributed by atoms with Gasteiger partial charge in [0.05, 0.1) is 0 Å². The number of rotatable bonds is 7. The number of unbranched alkanes of at least 4 members (excludes halogenated alkanes) is 1. The molecule has 0 bridgehead atoms. The average Bonchev–Trinajstić information content (AvgIpc) is 2.26. The molecule has 0 atom stereocenters. The average molecular weight is 288 g/mol. The fourth-order valence-corrected chi connectivity index (χ4v) is 2.09. The second kappa shape index (κ2) is 8.20. The van der Waals surface area contributed by atoms with Gasteiger partial charge >= 0.3 is 0 Å². The number of hydrogen-bond donors (Lipinski definition) is 1. The van der Waals surface area contributed by atoms with E-state index in [-0.39, 0.29) is 0 Å². The summed E-state index contributed by atoms with van der Waals surface area (Å²) in [4.78, 5) is 0. The number of nitrogens with one attached hydrogen (secondary N) is 1. The second-order valence-electron chi connectivity index (χ2n) is 3.50. The molecule has 0 heterocycles. The fraction of sp³-hybridized carbons (Fsp3) is 0.500. The second-order valence-corrected chi connectivity index (χ2v) is 5.40. The van der Waals surface area contributed by atoms with Crippen LogP contribution in [0.15, 0.2) is 28.7 Å². The minimum absolute atomic E-state index is 0.979. The first-order valence-corrected chi connectivity index (χ1v) is 7.45. The maximum absolute atomic E-state index is 3.46. The normalized spacial score (nSPS) is 10.5. The van der Waals surface area contributed by atoms with Crippen molar-refractivity contribution in [3.05, 3.63) is 34.3 Å². The van der Waals surface area contributed by atoms with E-state index in [2.05, 4.69) is 51.8 Å².